The normalized spacial score (nSPS) is 20.5. The second kappa shape index (κ2) is 6.93. The molecule has 0 saturated heterocycles. The molecule has 0 saturated carbocycles. The SMILES string of the molecule is CC1C=CC(C)N1/C(=N\O)c1ccc(Oc2ccc(Cl)cc2)nc1. The van der Waals surface area contributed by atoms with Gasteiger partial charge in [-0.15, -0.1) is 0 Å². The summed E-state index contributed by atoms with van der Waals surface area (Å²) in [4.78, 5) is 6.32. The molecular formula is C18H18ClN3O2. The summed E-state index contributed by atoms with van der Waals surface area (Å²) >= 11 is 5.85. The van der Waals surface area contributed by atoms with Crippen molar-refractivity contribution in [2.75, 3.05) is 0 Å². The second-order valence-electron chi connectivity index (χ2n) is 5.64. The molecule has 1 aliphatic heterocycles. The number of oxime groups is 1. The number of benzene rings is 1. The van der Waals surface area contributed by atoms with Gasteiger partial charge in [-0.3, -0.25) is 0 Å². The molecule has 5 nitrogen and oxygen atoms in total. The van der Waals surface area contributed by atoms with Gasteiger partial charge in [-0.25, -0.2) is 4.98 Å². The molecule has 1 aromatic heterocycles. The van der Waals surface area contributed by atoms with Gasteiger partial charge in [0.25, 0.3) is 0 Å². The monoisotopic (exact) mass is 343 g/mol. The highest BCUT2D eigenvalue weighted by atomic mass is 35.5. The number of hydrogen-bond donors (Lipinski definition) is 1. The van der Waals surface area contributed by atoms with Crippen molar-refractivity contribution in [1.29, 1.82) is 0 Å². The van der Waals surface area contributed by atoms with E-state index in [1.165, 1.54) is 0 Å². The third-order valence-corrected chi connectivity index (χ3v) is 4.17. The maximum atomic E-state index is 9.45. The molecule has 0 fully saturated rings. The van der Waals surface area contributed by atoms with Gasteiger partial charge in [0.1, 0.15) is 5.75 Å². The lowest BCUT2D eigenvalue weighted by molar-refractivity contribution is 0.289. The molecule has 1 aliphatic rings. The molecule has 0 radical (unpaired) electrons. The molecule has 1 aromatic carbocycles. The van der Waals surface area contributed by atoms with E-state index in [1.54, 1.807) is 36.5 Å². The van der Waals surface area contributed by atoms with Crippen LogP contribution in [-0.4, -0.2) is 33.0 Å². The van der Waals surface area contributed by atoms with E-state index in [2.05, 4.69) is 36.1 Å². The Bertz CT molecular complexity index is 745. The number of amidine groups is 1. The van der Waals surface area contributed by atoms with Crippen LogP contribution < -0.4 is 4.74 Å². The third kappa shape index (κ3) is 3.36. The zero-order chi connectivity index (χ0) is 17.1. The van der Waals surface area contributed by atoms with Gasteiger partial charge in [0.05, 0.1) is 0 Å². The van der Waals surface area contributed by atoms with Crippen LogP contribution >= 0.6 is 11.6 Å². The van der Waals surface area contributed by atoms with Gasteiger partial charge in [0.2, 0.25) is 5.88 Å². The molecule has 24 heavy (non-hydrogen) atoms. The summed E-state index contributed by atoms with van der Waals surface area (Å²) in [5.74, 6) is 1.60. The van der Waals surface area contributed by atoms with E-state index in [9.17, 15) is 5.21 Å². The lowest BCUT2D eigenvalue weighted by Crippen LogP contribution is -2.40. The fourth-order valence-corrected chi connectivity index (χ4v) is 2.84. The largest absolute Gasteiger partial charge is 0.439 e. The number of nitrogens with zero attached hydrogens (tertiary/aromatic N) is 3. The second-order valence-corrected chi connectivity index (χ2v) is 6.07. The standard InChI is InChI=1S/C18H18ClN3O2/c1-12-3-4-13(2)22(12)18(21-23)14-5-10-17(20-11-14)24-16-8-6-15(19)7-9-16/h3-13,23H,1-2H3/b21-18-. The molecule has 2 heterocycles. The zero-order valence-corrected chi connectivity index (χ0v) is 14.2. The number of ether oxygens (including phenoxy) is 1. The molecule has 0 aliphatic carbocycles. The van der Waals surface area contributed by atoms with E-state index < -0.39 is 0 Å². The highest BCUT2D eigenvalue weighted by Crippen LogP contribution is 2.23. The van der Waals surface area contributed by atoms with Crippen molar-refractivity contribution in [3.8, 4) is 11.6 Å². The van der Waals surface area contributed by atoms with Gasteiger partial charge in [0, 0.05) is 34.9 Å². The topological polar surface area (TPSA) is 58.0 Å². The minimum absolute atomic E-state index is 0.163. The van der Waals surface area contributed by atoms with Gasteiger partial charge in [0.15, 0.2) is 5.84 Å². The summed E-state index contributed by atoms with van der Waals surface area (Å²) in [7, 11) is 0. The van der Waals surface area contributed by atoms with Crippen molar-refractivity contribution in [3.05, 3.63) is 65.3 Å². The van der Waals surface area contributed by atoms with Crippen molar-refractivity contribution in [3.63, 3.8) is 0 Å². The predicted molar refractivity (Wildman–Crippen MR) is 94.0 cm³/mol. The Kier molecular flexibility index (Phi) is 4.71. The third-order valence-electron chi connectivity index (χ3n) is 3.92. The first kappa shape index (κ1) is 16.3. The van der Waals surface area contributed by atoms with Gasteiger partial charge < -0.3 is 14.8 Å². The maximum absolute atomic E-state index is 9.45. The summed E-state index contributed by atoms with van der Waals surface area (Å²) in [6.45, 7) is 4.10. The Labute approximate surface area is 145 Å². The average Bonchev–Trinajstić information content (AvgIpc) is 2.92. The Morgan fingerprint density at radius 1 is 1.12 bits per heavy atom. The summed E-state index contributed by atoms with van der Waals surface area (Å²) < 4.78 is 5.67. The first-order chi connectivity index (χ1) is 11.6. The Hall–Kier alpha value is -2.53. The number of aromatic nitrogens is 1. The van der Waals surface area contributed by atoms with E-state index in [0.29, 0.717) is 22.5 Å². The first-order valence-electron chi connectivity index (χ1n) is 7.67. The van der Waals surface area contributed by atoms with Crippen LogP contribution in [0.15, 0.2) is 59.9 Å². The van der Waals surface area contributed by atoms with Crippen molar-refractivity contribution in [2.45, 2.75) is 25.9 Å². The zero-order valence-electron chi connectivity index (χ0n) is 13.4. The molecule has 3 rings (SSSR count). The van der Waals surface area contributed by atoms with E-state index in [4.69, 9.17) is 16.3 Å². The molecule has 1 N–H and O–H groups in total. The van der Waals surface area contributed by atoms with Crippen molar-refractivity contribution >= 4 is 17.4 Å². The van der Waals surface area contributed by atoms with Crippen LogP contribution in [0.3, 0.4) is 0 Å². The lowest BCUT2D eigenvalue weighted by Gasteiger charge is -2.28. The van der Waals surface area contributed by atoms with Crippen LogP contribution in [0.25, 0.3) is 0 Å². The molecule has 0 bridgehead atoms. The van der Waals surface area contributed by atoms with Gasteiger partial charge >= 0.3 is 0 Å². The summed E-state index contributed by atoms with van der Waals surface area (Å²) in [6, 6.07) is 11.0. The van der Waals surface area contributed by atoms with Gasteiger partial charge in [-0.2, -0.15) is 0 Å². The van der Waals surface area contributed by atoms with Crippen molar-refractivity contribution in [2.24, 2.45) is 5.16 Å². The minimum Gasteiger partial charge on any atom is -0.439 e. The molecule has 2 unspecified atom stereocenters. The highest BCUT2D eigenvalue weighted by molar-refractivity contribution is 6.30. The number of hydrogen-bond acceptors (Lipinski definition) is 4. The number of rotatable bonds is 3. The summed E-state index contributed by atoms with van der Waals surface area (Å²) in [5, 5.41) is 13.6. The lowest BCUT2D eigenvalue weighted by atomic mass is 10.2. The number of halogens is 1. The molecular weight excluding hydrogens is 326 g/mol. The first-order valence-corrected chi connectivity index (χ1v) is 8.05. The smallest absolute Gasteiger partial charge is 0.219 e. The average molecular weight is 344 g/mol. The quantitative estimate of drug-likeness (QED) is 0.296. The van der Waals surface area contributed by atoms with E-state index in [0.717, 1.165) is 5.56 Å². The van der Waals surface area contributed by atoms with E-state index >= 15 is 0 Å². The Balaban J connectivity index is 1.77. The Morgan fingerprint density at radius 3 is 2.33 bits per heavy atom. The summed E-state index contributed by atoms with van der Waals surface area (Å²) in [5.41, 5.74) is 0.725. The van der Waals surface area contributed by atoms with Gasteiger partial charge in [-0.05, 0) is 44.2 Å². The van der Waals surface area contributed by atoms with Crippen molar-refractivity contribution < 1.29 is 9.94 Å². The van der Waals surface area contributed by atoms with Crippen LogP contribution in [0, 0.1) is 0 Å². The maximum Gasteiger partial charge on any atom is 0.219 e. The predicted octanol–water partition coefficient (Wildman–Crippen LogP) is 4.31. The van der Waals surface area contributed by atoms with Crippen LogP contribution in [0.4, 0.5) is 0 Å². The molecule has 124 valence electrons. The van der Waals surface area contributed by atoms with Crippen LogP contribution in [0.1, 0.15) is 19.4 Å². The Morgan fingerprint density at radius 2 is 1.79 bits per heavy atom. The fraction of sp³-hybridized carbons (Fsp3) is 0.222. The molecule has 2 atom stereocenters. The molecule has 0 spiro atoms. The molecule has 2 aromatic rings. The minimum atomic E-state index is 0.163. The number of pyridine rings is 1. The fourth-order valence-electron chi connectivity index (χ4n) is 2.72. The van der Waals surface area contributed by atoms with Crippen LogP contribution in [0.5, 0.6) is 11.6 Å². The van der Waals surface area contributed by atoms with Crippen molar-refractivity contribution in [1.82, 2.24) is 9.88 Å². The van der Waals surface area contributed by atoms with Gasteiger partial charge in [-0.1, -0.05) is 28.9 Å². The van der Waals surface area contributed by atoms with E-state index in [-0.39, 0.29) is 12.1 Å². The van der Waals surface area contributed by atoms with E-state index in [1.807, 2.05) is 11.0 Å². The highest BCUT2D eigenvalue weighted by Gasteiger charge is 2.27. The summed E-state index contributed by atoms with van der Waals surface area (Å²) in [6.07, 6.45) is 5.81. The van der Waals surface area contributed by atoms with Crippen LogP contribution in [-0.2, 0) is 0 Å². The molecule has 6 heteroatoms. The molecule has 0 amide bonds. The van der Waals surface area contributed by atoms with Crippen LogP contribution in [0.2, 0.25) is 5.02 Å².